The first-order valence-electron chi connectivity index (χ1n) is 3.37. The van der Waals surface area contributed by atoms with Gasteiger partial charge in [0.15, 0.2) is 0 Å². The molecule has 60 valence electrons. The van der Waals surface area contributed by atoms with Gasteiger partial charge in [-0.15, -0.1) is 0 Å². The number of hydrogen-bond acceptors (Lipinski definition) is 3. The van der Waals surface area contributed by atoms with Crippen LogP contribution in [0, 0.1) is 5.41 Å². The van der Waals surface area contributed by atoms with Gasteiger partial charge in [-0.1, -0.05) is 0 Å². The molecule has 0 saturated carbocycles. The summed E-state index contributed by atoms with van der Waals surface area (Å²) in [4.78, 5) is 5.90. The van der Waals surface area contributed by atoms with Crippen molar-refractivity contribution in [3.63, 3.8) is 0 Å². The standard InChI is InChI=1S/C7H12N4/c1-10(2)7-9-6(8)4-5-11(7)3/h4-5,8H,1-3H3. The zero-order valence-corrected chi connectivity index (χ0v) is 7.00. The van der Waals surface area contributed by atoms with Gasteiger partial charge < -0.3 is 9.47 Å². The topological polar surface area (TPSA) is 44.9 Å². The first-order chi connectivity index (χ1) is 5.11. The first-order valence-corrected chi connectivity index (χ1v) is 3.37. The van der Waals surface area contributed by atoms with E-state index in [0.29, 0.717) is 5.49 Å². The summed E-state index contributed by atoms with van der Waals surface area (Å²) in [7, 11) is 5.71. The van der Waals surface area contributed by atoms with Crippen LogP contribution in [-0.4, -0.2) is 23.6 Å². The van der Waals surface area contributed by atoms with Gasteiger partial charge in [-0.2, -0.15) is 4.98 Å². The summed E-state index contributed by atoms with van der Waals surface area (Å²) >= 11 is 0. The summed E-state index contributed by atoms with van der Waals surface area (Å²) in [6.45, 7) is 0. The fourth-order valence-electron chi connectivity index (χ4n) is 0.888. The van der Waals surface area contributed by atoms with Crippen LogP contribution in [0.4, 0.5) is 5.95 Å². The number of aryl methyl sites for hydroxylation is 1. The number of rotatable bonds is 1. The minimum absolute atomic E-state index is 0.298. The van der Waals surface area contributed by atoms with Gasteiger partial charge >= 0.3 is 0 Å². The molecular weight excluding hydrogens is 140 g/mol. The van der Waals surface area contributed by atoms with Crippen LogP contribution in [0.2, 0.25) is 0 Å². The highest BCUT2D eigenvalue weighted by molar-refractivity contribution is 5.26. The Balaban J connectivity index is 3.23. The van der Waals surface area contributed by atoms with Crippen LogP contribution >= 0.6 is 0 Å². The summed E-state index contributed by atoms with van der Waals surface area (Å²) in [5.74, 6) is 0.789. The molecule has 0 unspecified atom stereocenters. The van der Waals surface area contributed by atoms with Gasteiger partial charge in [-0.05, 0) is 6.07 Å². The summed E-state index contributed by atoms with van der Waals surface area (Å²) in [6, 6.07) is 1.66. The number of nitrogens with one attached hydrogen (secondary N) is 1. The second-order valence-electron chi connectivity index (χ2n) is 2.62. The van der Waals surface area contributed by atoms with Crippen LogP contribution in [-0.2, 0) is 7.05 Å². The average molecular weight is 152 g/mol. The monoisotopic (exact) mass is 152 g/mol. The second kappa shape index (κ2) is 2.74. The molecule has 1 heterocycles. The molecular formula is C7H12N4. The van der Waals surface area contributed by atoms with E-state index >= 15 is 0 Å². The third-order valence-electron chi connectivity index (χ3n) is 1.39. The van der Waals surface area contributed by atoms with E-state index in [0.717, 1.165) is 5.95 Å². The highest BCUT2D eigenvalue weighted by Crippen LogP contribution is 1.99. The Hall–Kier alpha value is -1.32. The lowest BCUT2D eigenvalue weighted by Gasteiger charge is -2.14. The minimum atomic E-state index is 0.298. The van der Waals surface area contributed by atoms with Gasteiger partial charge in [0.2, 0.25) is 5.95 Å². The van der Waals surface area contributed by atoms with Gasteiger partial charge in [0, 0.05) is 27.3 Å². The summed E-state index contributed by atoms with van der Waals surface area (Å²) in [5, 5.41) is 7.27. The van der Waals surface area contributed by atoms with E-state index < -0.39 is 0 Å². The predicted molar refractivity (Wildman–Crippen MR) is 43.4 cm³/mol. The molecule has 0 amide bonds. The van der Waals surface area contributed by atoms with Crippen LogP contribution in [0.5, 0.6) is 0 Å². The molecule has 11 heavy (non-hydrogen) atoms. The van der Waals surface area contributed by atoms with Crippen molar-refractivity contribution in [3.8, 4) is 0 Å². The quantitative estimate of drug-likeness (QED) is 0.614. The first kappa shape index (κ1) is 7.78. The van der Waals surface area contributed by atoms with Gasteiger partial charge in [-0.25, -0.2) is 0 Å². The Morgan fingerprint density at radius 2 is 2.18 bits per heavy atom. The van der Waals surface area contributed by atoms with Gasteiger partial charge in [0.05, 0.1) is 0 Å². The largest absolute Gasteiger partial charge is 0.348 e. The molecule has 0 spiro atoms. The Morgan fingerprint density at radius 3 is 2.64 bits per heavy atom. The van der Waals surface area contributed by atoms with Crippen molar-refractivity contribution in [1.29, 1.82) is 5.41 Å². The molecule has 0 aliphatic heterocycles. The fraction of sp³-hybridized carbons (Fsp3) is 0.429. The van der Waals surface area contributed by atoms with E-state index in [1.165, 1.54) is 0 Å². The number of anilines is 1. The number of aromatic nitrogens is 2. The van der Waals surface area contributed by atoms with Gasteiger partial charge in [-0.3, -0.25) is 5.41 Å². The summed E-state index contributed by atoms with van der Waals surface area (Å²) < 4.78 is 1.87. The Kier molecular flexibility index (Phi) is 1.94. The second-order valence-corrected chi connectivity index (χ2v) is 2.62. The van der Waals surface area contributed by atoms with Crippen molar-refractivity contribution in [1.82, 2.24) is 9.55 Å². The molecule has 0 aliphatic carbocycles. The van der Waals surface area contributed by atoms with Gasteiger partial charge in [0.25, 0.3) is 0 Å². The molecule has 1 aromatic rings. The predicted octanol–water partition coefficient (Wildman–Crippen LogP) is -0.0344. The Labute approximate surface area is 65.6 Å². The molecule has 4 heteroatoms. The van der Waals surface area contributed by atoms with Crippen LogP contribution in [0.3, 0.4) is 0 Å². The molecule has 4 nitrogen and oxygen atoms in total. The van der Waals surface area contributed by atoms with E-state index in [1.54, 1.807) is 6.07 Å². The van der Waals surface area contributed by atoms with E-state index in [1.807, 2.05) is 36.8 Å². The molecule has 0 aliphatic rings. The lowest BCUT2D eigenvalue weighted by atomic mass is 10.6. The van der Waals surface area contributed by atoms with Gasteiger partial charge in [0.1, 0.15) is 5.49 Å². The van der Waals surface area contributed by atoms with Crippen LogP contribution in [0.15, 0.2) is 12.3 Å². The SMILES string of the molecule is CN(C)c1nc(=N)ccn1C. The molecule has 1 rings (SSSR count). The maximum Gasteiger partial charge on any atom is 0.206 e. The highest BCUT2D eigenvalue weighted by atomic mass is 15.3. The fourth-order valence-corrected chi connectivity index (χ4v) is 0.888. The molecule has 0 aromatic carbocycles. The maximum absolute atomic E-state index is 7.27. The van der Waals surface area contributed by atoms with E-state index in [2.05, 4.69) is 4.98 Å². The smallest absolute Gasteiger partial charge is 0.206 e. The molecule has 0 bridgehead atoms. The lowest BCUT2D eigenvalue weighted by Crippen LogP contribution is -2.21. The van der Waals surface area contributed by atoms with Crippen LogP contribution < -0.4 is 10.4 Å². The van der Waals surface area contributed by atoms with E-state index in [-0.39, 0.29) is 0 Å². The Morgan fingerprint density at radius 1 is 1.55 bits per heavy atom. The molecule has 0 atom stereocenters. The number of hydrogen-bond donors (Lipinski definition) is 1. The third-order valence-corrected chi connectivity index (χ3v) is 1.39. The van der Waals surface area contributed by atoms with Crippen molar-refractivity contribution in [3.05, 3.63) is 17.8 Å². The zero-order chi connectivity index (χ0) is 8.43. The highest BCUT2D eigenvalue weighted by Gasteiger charge is 1.97. The maximum atomic E-state index is 7.27. The van der Waals surface area contributed by atoms with Crippen LogP contribution in [0.25, 0.3) is 0 Å². The van der Waals surface area contributed by atoms with Crippen molar-refractivity contribution < 1.29 is 0 Å². The molecule has 0 radical (unpaired) electrons. The molecule has 1 aromatic heterocycles. The van der Waals surface area contributed by atoms with E-state index in [9.17, 15) is 0 Å². The van der Waals surface area contributed by atoms with Crippen molar-refractivity contribution in [2.45, 2.75) is 0 Å². The van der Waals surface area contributed by atoms with E-state index in [4.69, 9.17) is 5.41 Å². The average Bonchev–Trinajstić information content (AvgIpc) is 1.94. The zero-order valence-electron chi connectivity index (χ0n) is 7.00. The third kappa shape index (κ3) is 1.58. The normalized spacial score (nSPS) is 9.73. The summed E-state index contributed by atoms with van der Waals surface area (Å²) in [5.41, 5.74) is 0.298. The molecule has 0 fully saturated rings. The minimum Gasteiger partial charge on any atom is -0.348 e. The van der Waals surface area contributed by atoms with Crippen LogP contribution in [0.1, 0.15) is 0 Å². The van der Waals surface area contributed by atoms with Crippen molar-refractivity contribution in [2.24, 2.45) is 7.05 Å². The lowest BCUT2D eigenvalue weighted by molar-refractivity contribution is 0.805. The van der Waals surface area contributed by atoms with Crippen molar-refractivity contribution in [2.75, 3.05) is 19.0 Å². The van der Waals surface area contributed by atoms with Crippen molar-refractivity contribution >= 4 is 5.95 Å². The molecule has 0 saturated heterocycles. The summed E-state index contributed by atoms with van der Waals surface area (Å²) in [6.07, 6.45) is 1.82. The number of nitrogens with zero attached hydrogens (tertiary/aromatic N) is 3. The Bertz CT molecular complexity index is 300. The molecule has 1 N–H and O–H groups in total.